The van der Waals surface area contributed by atoms with Crippen LogP contribution in [0.15, 0.2) is 0 Å². The summed E-state index contributed by atoms with van der Waals surface area (Å²) in [6.07, 6.45) is -21.5. The van der Waals surface area contributed by atoms with E-state index in [9.17, 15) is 51.1 Å². The van der Waals surface area contributed by atoms with Gasteiger partial charge in [-0.15, -0.1) is 0 Å². The molecular formula is C18H32O15. The Kier molecular flexibility index (Phi) is 9.35. The Labute approximate surface area is 187 Å². The summed E-state index contributed by atoms with van der Waals surface area (Å²) in [6.45, 7) is -1.73. The fourth-order valence-corrected chi connectivity index (χ4v) is 3.91. The second-order valence-corrected chi connectivity index (χ2v) is 8.28. The predicted molar refractivity (Wildman–Crippen MR) is 99.9 cm³/mol. The number of hydrogen-bond donors (Lipinski definition) is 10. The highest BCUT2D eigenvalue weighted by molar-refractivity contribution is 4.93. The van der Waals surface area contributed by atoms with Gasteiger partial charge in [-0.3, -0.25) is 0 Å². The van der Waals surface area contributed by atoms with Crippen molar-refractivity contribution in [3.05, 3.63) is 0 Å². The van der Waals surface area contributed by atoms with Gasteiger partial charge in [-0.2, -0.15) is 0 Å². The van der Waals surface area contributed by atoms with Crippen LogP contribution in [0.3, 0.4) is 0 Å². The minimum absolute atomic E-state index is 0.0748. The minimum Gasteiger partial charge on any atom is -0.394 e. The Morgan fingerprint density at radius 3 is 1.97 bits per heavy atom. The average Bonchev–Trinajstić information content (AvgIpc) is 2.80. The van der Waals surface area contributed by atoms with E-state index in [1.54, 1.807) is 0 Å². The van der Waals surface area contributed by atoms with Crippen LogP contribution in [0.1, 0.15) is 6.42 Å². The largest absolute Gasteiger partial charge is 0.394 e. The van der Waals surface area contributed by atoms with E-state index in [2.05, 4.69) is 0 Å². The van der Waals surface area contributed by atoms with Gasteiger partial charge < -0.3 is 74.7 Å². The number of hydrogen-bond acceptors (Lipinski definition) is 15. The second-order valence-electron chi connectivity index (χ2n) is 8.28. The molecule has 3 saturated heterocycles. The SMILES string of the molecule is OC[C@@H]1C[C@H](O)[C@H](O)[C@@H](O[C@@H]2[C@H](O)[C@H](O)O[C@H](CO[C@H]3O[C@H](CO)[C@@H](O)[C@H](O)[C@@H]3O)[C@H]2O)O1. The van der Waals surface area contributed by atoms with Crippen molar-refractivity contribution < 1.29 is 74.7 Å². The van der Waals surface area contributed by atoms with Gasteiger partial charge in [0, 0.05) is 6.42 Å². The first-order valence-electron chi connectivity index (χ1n) is 10.5. The van der Waals surface area contributed by atoms with Crippen molar-refractivity contribution in [3.63, 3.8) is 0 Å². The van der Waals surface area contributed by atoms with Crippen molar-refractivity contribution in [3.8, 4) is 0 Å². The summed E-state index contributed by atoms with van der Waals surface area (Å²) in [5.74, 6) is 0. The molecule has 10 N–H and O–H groups in total. The Hall–Kier alpha value is -0.600. The van der Waals surface area contributed by atoms with Crippen LogP contribution in [0.25, 0.3) is 0 Å². The van der Waals surface area contributed by atoms with E-state index in [1.165, 1.54) is 0 Å². The van der Waals surface area contributed by atoms with Crippen LogP contribution in [0.4, 0.5) is 0 Å². The molecule has 0 aliphatic carbocycles. The maximum Gasteiger partial charge on any atom is 0.186 e. The highest BCUT2D eigenvalue weighted by Crippen LogP contribution is 2.29. The van der Waals surface area contributed by atoms with Gasteiger partial charge in [-0.25, -0.2) is 0 Å². The lowest BCUT2D eigenvalue weighted by atomic mass is 9.97. The van der Waals surface area contributed by atoms with E-state index in [-0.39, 0.29) is 6.42 Å². The first kappa shape index (κ1) is 27.0. The van der Waals surface area contributed by atoms with Gasteiger partial charge in [0.15, 0.2) is 18.9 Å². The molecule has 0 unspecified atom stereocenters. The van der Waals surface area contributed by atoms with Crippen LogP contribution in [-0.4, -0.2) is 157 Å². The molecule has 0 aromatic carbocycles. The molecule has 3 heterocycles. The number of rotatable bonds is 7. The fraction of sp³-hybridized carbons (Fsp3) is 1.00. The van der Waals surface area contributed by atoms with Gasteiger partial charge in [-0.1, -0.05) is 0 Å². The predicted octanol–water partition coefficient (Wildman–Crippen LogP) is -6.54. The van der Waals surface area contributed by atoms with Crippen molar-refractivity contribution in [2.75, 3.05) is 19.8 Å². The van der Waals surface area contributed by atoms with Crippen molar-refractivity contribution in [1.29, 1.82) is 0 Å². The summed E-state index contributed by atoms with van der Waals surface area (Å²) in [5, 5.41) is 99.1. The molecule has 194 valence electrons. The zero-order valence-electron chi connectivity index (χ0n) is 17.4. The molecule has 0 bridgehead atoms. The highest BCUT2D eigenvalue weighted by atomic mass is 16.7. The quantitative estimate of drug-likeness (QED) is 0.160. The smallest absolute Gasteiger partial charge is 0.186 e. The lowest BCUT2D eigenvalue weighted by molar-refractivity contribution is -0.354. The zero-order chi connectivity index (χ0) is 24.4. The van der Waals surface area contributed by atoms with Gasteiger partial charge >= 0.3 is 0 Å². The molecular weight excluding hydrogens is 456 g/mol. The molecule has 0 radical (unpaired) electrons. The Morgan fingerprint density at radius 1 is 0.636 bits per heavy atom. The van der Waals surface area contributed by atoms with E-state index in [4.69, 9.17) is 23.7 Å². The lowest BCUT2D eigenvalue weighted by Gasteiger charge is -2.45. The molecule has 3 rings (SSSR count). The lowest BCUT2D eigenvalue weighted by Crippen LogP contribution is -2.63. The van der Waals surface area contributed by atoms with Crippen LogP contribution >= 0.6 is 0 Å². The molecule has 3 aliphatic heterocycles. The summed E-state index contributed by atoms with van der Waals surface area (Å²) in [6, 6.07) is 0. The van der Waals surface area contributed by atoms with Gasteiger partial charge in [0.25, 0.3) is 0 Å². The Morgan fingerprint density at radius 2 is 1.33 bits per heavy atom. The monoisotopic (exact) mass is 488 g/mol. The standard InChI is InChI=1S/C18H32O15/c19-2-5-1-6(21)9(22)18(30-5)33-15-11(24)8(31-16(28)14(15)27)4-29-17-13(26)12(25)10(23)7(3-20)32-17/h5-28H,1-4H2/t5-,6-,7+,8+,9-,10+,11+,12-,13-,14-,15-,16+,17-,18+/m0/s1. The molecule has 14 atom stereocenters. The summed E-state index contributed by atoms with van der Waals surface area (Å²) in [7, 11) is 0. The first-order chi connectivity index (χ1) is 15.6. The van der Waals surface area contributed by atoms with Crippen LogP contribution in [0, 0.1) is 0 Å². The Bertz CT molecular complexity index is 609. The van der Waals surface area contributed by atoms with Gasteiger partial charge in [0.1, 0.15) is 54.9 Å². The summed E-state index contributed by atoms with van der Waals surface area (Å²) in [5.41, 5.74) is 0. The van der Waals surface area contributed by atoms with Crippen LogP contribution in [0.2, 0.25) is 0 Å². The average molecular weight is 488 g/mol. The normalized spacial score (nSPS) is 51.5. The van der Waals surface area contributed by atoms with Crippen LogP contribution in [-0.2, 0) is 23.7 Å². The molecule has 3 fully saturated rings. The number of aliphatic hydroxyl groups is 10. The van der Waals surface area contributed by atoms with E-state index >= 15 is 0 Å². The topological polar surface area (TPSA) is 248 Å². The Balaban J connectivity index is 1.64. The molecule has 0 amide bonds. The molecule has 33 heavy (non-hydrogen) atoms. The van der Waals surface area contributed by atoms with Crippen LogP contribution in [0.5, 0.6) is 0 Å². The van der Waals surface area contributed by atoms with E-state index in [0.29, 0.717) is 0 Å². The van der Waals surface area contributed by atoms with Crippen LogP contribution < -0.4 is 0 Å². The van der Waals surface area contributed by atoms with E-state index < -0.39 is 106 Å². The summed E-state index contributed by atoms with van der Waals surface area (Å²) in [4.78, 5) is 0. The molecule has 0 aromatic heterocycles. The van der Waals surface area contributed by atoms with E-state index in [1.807, 2.05) is 0 Å². The molecule has 15 heteroatoms. The van der Waals surface area contributed by atoms with Crippen molar-refractivity contribution in [2.45, 2.75) is 92.4 Å². The van der Waals surface area contributed by atoms with Crippen molar-refractivity contribution >= 4 is 0 Å². The minimum atomic E-state index is -1.87. The van der Waals surface area contributed by atoms with Gasteiger partial charge in [0.05, 0.1) is 32.0 Å². The third kappa shape index (κ3) is 5.80. The number of aliphatic hydroxyl groups excluding tert-OH is 10. The van der Waals surface area contributed by atoms with Gasteiger partial charge in [-0.05, 0) is 0 Å². The molecule has 15 nitrogen and oxygen atoms in total. The fourth-order valence-electron chi connectivity index (χ4n) is 3.91. The van der Waals surface area contributed by atoms with E-state index in [0.717, 1.165) is 0 Å². The molecule has 0 aromatic rings. The third-order valence-electron chi connectivity index (χ3n) is 5.93. The maximum absolute atomic E-state index is 10.6. The highest BCUT2D eigenvalue weighted by Gasteiger charge is 2.50. The molecule has 3 aliphatic rings. The first-order valence-corrected chi connectivity index (χ1v) is 10.5. The summed E-state index contributed by atoms with van der Waals surface area (Å²) >= 11 is 0. The summed E-state index contributed by atoms with van der Waals surface area (Å²) < 4.78 is 26.3. The van der Waals surface area contributed by atoms with Gasteiger partial charge in [0.2, 0.25) is 0 Å². The third-order valence-corrected chi connectivity index (χ3v) is 5.93. The van der Waals surface area contributed by atoms with Crippen molar-refractivity contribution in [2.24, 2.45) is 0 Å². The molecule has 0 spiro atoms. The zero-order valence-corrected chi connectivity index (χ0v) is 17.4. The maximum atomic E-state index is 10.6. The number of ether oxygens (including phenoxy) is 5. The second kappa shape index (κ2) is 11.4. The molecule has 0 saturated carbocycles. The van der Waals surface area contributed by atoms with Crippen molar-refractivity contribution in [1.82, 2.24) is 0 Å².